The van der Waals surface area contributed by atoms with Crippen molar-refractivity contribution in [2.24, 2.45) is 5.92 Å². The number of aromatic nitrogens is 2. The van der Waals surface area contributed by atoms with Crippen molar-refractivity contribution in [2.75, 3.05) is 27.2 Å². The van der Waals surface area contributed by atoms with Crippen LogP contribution in [-0.4, -0.2) is 82.0 Å². The Hall–Kier alpha value is -2.74. The number of likely N-dealkylation sites (N-methyl/N-ethyl adjacent to an activating group) is 1. The van der Waals surface area contributed by atoms with Crippen molar-refractivity contribution in [3.8, 4) is 11.4 Å². The summed E-state index contributed by atoms with van der Waals surface area (Å²) in [5, 5.41) is 4.04. The summed E-state index contributed by atoms with van der Waals surface area (Å²) in [6.07, 6.45) is 2.20. The highest BCUT2D eigenvalue weighted by Crippen LogP contribution is 2.30. The fraction of sp³-hybridized carbons (Fsp3) is 0.583. The second kappa shape index (κ2) is 9.40. The Balaban J connectivity index is 1.44. The van der Waals surface area contributed by atoms with E-state index in [1.165, 1.54) is 0 Å². The lowest BCUT2D eigenvalue weighted by Crippen LogP contribution is -2.61. The van der Waals surface area contributed by atoms with E-state index in [2.05, 4.69) is 43.0 Å². The molecule has 8 heteroatoms. The van der Waals surface area contributed by atoms with Crippen molar-refractivity contribution in [1.82, 2.24) is 24.8 Å². The molecular formula is C24H33N5O3. The van der Waals surface area contributed by atoms with Crippen molar-refractivity contribution in [3.63, 3.8) is 0 Å². The molecule has 4 rings (SSSR count). The van der Waals surface area contributed by atoms with Crippen LogP contribution in [0.15, 0.2) is 34.9 Å². The lowest BCUT2D eigenvalue weighted by molar-refractivity contribution is -0.154. The second-order valence-corrected chi connectivity index (χ2v) is 9.57. The summed E-state index contributed by atoms with van der Waals surface area (Å²) >= 11 is 0. The van der Waals surface area contributed by atoms with Gasteiger partial charge in [0.15, 0.2) is 0 Å². The average Bonchev–Trinajstić information content (AvgIpc) is 3.42. The molecule has 2 saturated heterocycles. The summed E-state index contributed by atoms with van der Waals surface area (Å²) in [6.45, 7) is 5.54. The predicted molar refractivity (Wildman–Crippen MR) is 121 cm³/mol. The van der Waals surface area contributed by atoms with Crippen LogP contribution in [0.2, 0.25) is 0 Å². The molecule has 172 valence electrons. The third-order valence-corrected chi connectivity index (χ3v) is 6.54. The van der Waals surface area contributed by atoms with E-state index in [4.69, 9.17) is 4.52 Å². The van der Waals surface area contributed by atoms with Gasteiger partial charge >= 0.3 is 0 Å². The first-order valence-electron chi connectivity index (χ1n) is 11.5. The third kappa shape index (κ3) is 4.70. The Morgan fingerprint density at radius 1 is 1.22 bits per heavy atom. The molecule has 0 spiro atoms. The fourth-order valence-corrected chi connectivity index (χ4v) is 4.76. The molecule has 0 bridgehead atoms. The van der Waals surface area contributed by atoms with Crippen LogP contribution in [0.4, 0.5) is 0 Å². The van der Waals surface area contributed by atoms with Gasteiger partial charge in [-0.25, -0.2) is 0 Å². The zero-order chi connectivity index (χ0) is 22.8. The standard InChI is InChI=1S/C24H33N5O3/c1-16(2)12-20-24(31)28-14-18(27(3)4)13-19(28)15-29(20)22(30)11-10-21-25-23(26-32-21)17-8-6-5-7-9-17/h5-9,16,18-20H,10-15H2,1-4H3/t18-,19-,20-/m0/s1. The molecule has 1 aromatic heterocycles. The molecule has 2 aromatic rings. The van der Waals surface area contributed by atoms with E-state index < -0.39 is 0 Å². The van der Waals surface area contributed by atoms with Gasteiger partial charge < -0.3 is 19.2 Å². The number of hydrogen-bond acceptors (Lipinski definition) is 6. The molecule has 0 aliphatic carbocycles. The lowest BCUT2D eigenvalue weighted by Gasteiger charge is -2.43. The van der Waals surface area contributed by atoms with Gasteiger partial charge in [0.1, 0.15) is 6.04 Å². The zero-order valence-electron chi connectivity index (χ0n) is 19.4. The van der Waals surface area contributed by atoms with Crippen LogP contribution in [0.1, 0.15) is 39.0 Å². The molecule has 0 radical (unpaired) electrons. The van der Waals surface area contributed by atoms with Crippen molar-refractivity contribution < 1.29 is 14.1 Å². The monoisotopic (exact) mass is 439 g/mol. The topological polar surface area (TPSA) is 82.8 Å². The number of fused-ring (bicyclic) bond motifs is 1. The number of amides is 2. The summed E-state index contributed by atoms with van der Waals surface area (Å²) in [7, 11) is 4.10. The first kappa shape index (κ1) is 22.5. The maximum absolute atomic E-state index is 13.3. The maximum atomic E-state index is 13.3. The van der Waals surface area contributed by atoms with E-state index >= 15 is 0 Å². The highest BCUT2D eigenvalue weighted by atomic mass is 16.5. The molecule has 2 aliphatic rings. The quantitative estimate of drug-likeness (QED) is 0.659. The smallest absolute Gasteiger partial charge is 0.245 e. The van der Waals surface area contributed by atoms with E-state index in [9.17, 15) is 9.59 Å². The highest BCUT2D eigenvalue weighted by molar-refractivity contribution is 5.89. The van der Waals surface area contributed by atoms with E-state index in [0.29, 0.717) is 43.1 Å². The Bertz CT molecular complexity index is 942. The molecule has 0 saturated carbocycles. The molecule has 3 heterocycles. The Labute approximate surface area is 189 Å². The minimum atomic E-state index is -0.387. The summed E-state index contributed by atoms with van der Waals surface area (Å²) in [6, 6.07) is 9.66. The number of aryl methyl sites for hydroxylation is 1. The zero-order valence-corrected chi connectivity index (χ0v) is 19.4. The van der Waals surface area contributed by atoms with Crippen molar-refractivity contribution in [1.29, 1.82) is 0 Å². The minimum Gasteiger partial charge on any atom is -0.339 e. The summed E-state index contributed by atoms with van der Waals surface area (Å²) in [5.41, 5.74) is 0.879. The second-order valence-electron chi connectivity index (χ2n) is 9.57. The molecule has 8 nitrogen and oxygen atoms in total. The Morgan fingerprint density at radius 2 is 1.97 bits per heavy atom. The largest absolute Gasteiger partial charge is 0.339 e. The van der Waals surface area contributed by atoms with Gasteiger partial charge in [-0.3, -0.25) is 9.59 Å². The molecule has 2 aliphatic heterocycles. The van der Waals surface area contributed by atoms with Gasteiger partial charge in [-0.15, -0.1) is 0 Å². The molecule has 3 atom stereocenters. The van der Waals surface area contributed by atoms with Crippen LogP contribution >= 0.6 is 0 Å². The lowest BCUT2D eigenvalue weighted by atomic mass is 9.96. The van der Waals surface area contributed by atoms with Crippen LogP contribution in [0.3, 0.4) is 0 Å². The van der Waals surface area contributed by atoms with Gasteiger partial charge in [0.05, 0.1) is 6.04 Å². The number of carbonyl (C=O) groups excluding carboxylic acids is 2. The van der Waals surface area contributed by atoms with Crippen molar-refractivity contribution in [2.45, 2.75) is 57.7 Å². The summed E-state index contributed by atoms with van der Waals surface area (Å²) in [5.74, 6) is 1.37. The van der Waals surface area contributed by atoms with Crippen LogP contribution in [0.25, 0.3) is 11.4 Å². The number of piperazine rings is 1. The van der Waals surface area contributed by atoms with Gasteiger partial charge in [-0.1, -0.05) is 49.3 Å². The molecule has 0 unspecified atom stereocenters. The Morgan fingerprint density at radius 3 is 2.66 bits per heavy atom. The molecule has 1 aromatic carbocycles. The van der Waals surface area contributed by atoms with Crippen molar-refractivity contribution in [3.05, 3.63) is 36.2 Å². The van der Waals surface area contributed by atoms with Gasteiger partial charge in [0.25, 0.3) is 0 Å². The molecule has 2 amide bonds. The molecule has 2 fully saturated rings. The van der Waals surface area contributed by atoms with Gasteiger partial charge in [0, 0.05) is 37.5 Å². The predicted octanol–water partition coefficient (Wildman–Crippen LogP) is 2.46. The van der Waals surface area contributed by atoms with Crippen molar-refractivity contribution >= 4 is 11.8 Å². The normalized spacial score (nSPS) is 23.3. The SMILES string of the molecule is CC(C)C[C@H]1C(=O)N2C[C@@H](N(C)C)C[C@H]2CN1C(=O)CCc1nc(-c2ccccc2)no1. The van der Waals surface area contributed by atoms with Crippen LogP contribution in [0.5, 0.6) is 0 Å². The van der Waals surface area contributed by atoms with E-state index in [0.717, 1.165) is 18.5 Å². The minimum absolute atomic E-state index is 0.0172. The molecule has 32 heavy (non-hydrogen) atoms. The van der Waals surface area contributed by atoms with Crippen LogP contribution in [-0.2, 0) is 16.0 Å². The summed E-state index contributed by atoms with van der Waals surface area (Å²) in [4.78, 5) is 37.0. The van der Waals surface area contributed by atoms with Gasteiger partial charge in [-0.2, -0.15) is 4.98 Å². The summed E-state index contributed by atoms with van der Waals surface area (Å²) < 4.78 is 5.37. The van der Waals surface area contributed by atoms with E-state index in [1.807, 2.05) is 40.1 Å². The number of carbonyl (C=O) groups is 2. The van der Waals surface area contributed by atoms with Gasteiger partial charge in [0.2, 0.25) is 23.5 Å². The van der Waals surface area contributed by atoms with Gasteiger partial charge in [-0.05, 0) is 32.9 Å². The maximum Gasteiger partial charge on any atom is 0.245 e. The number of rotatable bonds is 7. The Kier molecular flexibility index (Phi) is 6.60. The molecular weight excluding hydrogens is 406 g/mol. The first-order valence-corrected chi connectivity index (χ1v) is 11.5. The fourth-order valence-electron chi connectivity index (χ4n) is 4.76. The van der Waals surface area contributed by atoms with E-state index in [1.54, 1.807) is 0 Å². The third-order valence-electron chi connectivity index (χ3n) is 6.54. The van der Waals surface area contributed by atoms with E-state index in [-0.39, 0.29) is 30.3 Å². The number of benzene rings is 1. The average molecular weight is 440 g/mol. The number of nitrogens with zero attached hydrogens (tertiary/aromatic N) is 5. The van der Waals surface area contributed by atoms with Crippen LogP contribution < -0.4 is 0 Å². The van der Waals surface area contributed by atoms with Crippen LogP contribution in [0, 0.1) is 5.92 Å². The first-order chi connectivity index (χ1) is 15.3. The number of hydrogen-bond donors (Lipinski definition) is 0. The highest BCUT2D eigenvalue weighted by Gasteiger charge is 2.47. The molecule has 0 N–H and O–H groups in total.